The summed E-state index contributed by atoms with van der Waals surface area (Å²) in [6.45, 7) is 0. The van der Waals surface area contributed by atoms with E-state index in [4.69, 9.17) is 46.4 Å². The van der Waals surface area contributed by atoms with E-state index in [1.165, 1.54) is 36.4 Å². The molecule has 0 aliphatic heterocycles. The minimum atomic E-state index is -4.77. The van der Waals surface area contributed by atoms with Crippen LogP contribution in [0.1, 0.15) is 11.1 Å². The Labute approximate surface area is 282 Å². The first-order valence-electron chi connectivity index (χ1n) is 10.3. The van der Waals surface area contributed by atoms with E-state index < -0.39 is 30.0 Å². The quantitative estimate of drug-likeness (QED) is 0.113. The van der Waals surface area contributed by atoms with Gasteiger partial charge in [0, 0.05) is 49.1 Å². The zero-order valence-electron chi connectivity index (χ0n) is 19.9. The van der Waals surface area contributed by atoms with E-state index in [9.17, 15) is 25.9 Å². The maximum atomic E-state index is 12.1. The fourth-order valence-corrected chi connectivity index (χ4v) is 5.29. The summed E-state index contributed by atoms with van der Waals surface area (Å²) in [5.41, 5.74) is 0.210. The number of hydrogen-bond donors (Lipinski definition) is 4. The molecule has 210 valence electrons. The zero-order chi connectivity index (χ0) is 29.2. The molecule has 4 N–H and O–H groups in total. The summed E-state index contributed by atoms with van der Waals surface area (Å²) in [6.07, 6.45) is 2.43. The molecule has 0 amide bonds. The third-order valence-corrected chi connectivity index (χ3v) is 7.19. The normalized spacial score (nSPS) is 11.8. The Kier molecular flexibility index (Phi) is 11.1. The first kappa shape index (κ1) is 33.5. The molecule has 41 heavy (non-hydrogen) atoms. The van der Waals surface area contributed by atoms with Crippen molar-refractivity contribution in [3.63, 3.8) is 0 Å². The largest absolute Gasteiger partial charge is 0.324 e. The molecule has 0 unspecified atom stereocenters. The predicted octanol–water partition coefficient (Wildman–Crippen LogP) is 4.44. The van der Waals surface area contributed by atoms with Gasteiger partial charge in [-0.05, 0) is 81.8 Å². The molecule has 2 heterocycles. The fraction of sp³-hybridized carbons (Fsp3) is 0. The van der Waals surface area contributed by atoms with Gasteiger partial charge in [0.15, 0.2) is 0 Å². The Morgan fingerprint density at radius 1 is 0.585 bits per heavy atom. The number of benzene rings is 2. The monoisotopic (exact) mass is 704 g/mol. The van der Waals surface area contributed by atoms with E-state index in [1.807, 2.05) is 0 Å². The van der Waals surface area contributed by atoms with Crippen LogP contribution in [0.4, 0.5) is 23.3 Å². The van der Waals surface area contributed by atoms with Crippen molar-refractivity contribution in [2.45, 2.75) is 9.79 Å². The number of aromatic nitrogens is 6. The van der Waals surface area contributed by atoms with Crippen molar-refractivity contribution in [2.24, 2.45) is 0 Å². The van der Waals surface area contributed by atoms with E-state index in [-0.39, 0.29) is 93.3 Å². The summed E-state index contributed by atoms with van der Waals surface area (Å²) >= 11 is 22.9. The van der Waals surface area contributed by atoms with Gasteiger partial charge in [-0.1, -0.05) is 24.3 Å². The van der Waals surface area contributed by atoms with Crippen LogP contribution in [-0.2, 0) is 20.2 Å². The van der Waals surface area contributed by atoms with Gasteiger partial charge in [0.1, 0.15) is 9.79 Å². The predicted molar refractivity (Wildman–Crippen MR) is 153 cm³/mol. The minimum absolute atomic E-state index is 0. The first-order chi connectivity index (χ1) is 18.7. The summed E-state index contributed by atoms with van der Waals surface area (Å²) in [7, 11) is -9.54. The number of nitrogens with one attached hydrogen (secondary N) is 2. The molecule has 0 spiro atoms. The van der Waals surface area contributed by atoms with Crippen molar-refractivity contribution in [3.8, 4) is 0 Å². The zero-order valence-corrected chi connectivity index (χ0v) is 26.7. The molecule has 0 bridgehead atoms. The van der Waals surface area contributed by atoms with Crippen molar-refractivity contribution in [1.29, 1.82) is 0 Å². The van der Waals surface area contributed by atoms with Gasteiger partial charge >= 0.3 is 0 Å². The van der Waals surface area contributed by atoms with Crippen molar-refractivity contribution >= 4 is 140 Å². The molecule has 0 atom stereocenters. The number of anilines is 4. The van der Waals surface area contributed by atoms with Gasteiger partial charge in [0.05, 0.1) is 0 Å². The molecule has 0 saturated carbocycles. The van der Waals surface area contributed by atoms with Crippen molar-refractivity contribution in [3.05, 3.63) is 68.7 Å². The van der Waals surface area contributed by atoms with Crippen LogP contribution in [0.3, 0.4) is 0 Å². The van der Waals surface area contributed by atoms with Crippen LogP contribution in [0.2, 0.25) is 21.1 Å². The standard InChI is InChI=1S/C20H12Cl4N8O6S2.Ca/c21-15-27-16(22)30-19(29-15)25-11-5-3-9(13(7-11)39(33,34)35)1-2-10-4-6-12(8-14(10)40(36,37)38)26-20-31-17(23)28-18(24)32-20;/h1-8H,(H,33,34,35)(H,36,37,38)(H,25,27,29,30)(H,26,28,31,32);. The smallest absolute Gasteiger partial charge is 0.295 e. The summed E-state index contributed by atoms with van der Waals surface area (Å²) in [4.78, 5) is 21.3. The second kappa shape index (κ2) is 13.6. The Bertz CT molecular complexity index is 1710. The van der Waals surface area contributed by atoms with Gasteiger partial charge in [0.25, 0.3) is 20.2 Å². The second-order valence-corrected chi connectivity index (χ2v) is 11.6. The number of hydrogen-bond acceptors (Lipinski definition) is 12. The topological polar surface area (TPSA) is 210 Å². The molecule has 2 aromatic heterocycles. The SMILES string of the molecule is O=S(=O)(O)c1cc(Nc2nc(Cl)nc(Cl)n2)ccc1C=Cc1ccc(Nc2nc(Cl)nc(Cl)n2)cc1S(=O)(=O)O.[Ca]. The summed E-state index contributed by atoms with van der Waals surface area (Å²) < 4.78 is 68.0. The average Bonchev–Trinajstić information content (AvgIpc) is 2.81. The molecule has 4 rings (SSSR count). The van der Waals surface area contributed by atoms with Crippen LogP contribution in [0.15, 0.2) is 46.2 Å². The molecule has 2 radical (unpaired) electrons. The number of nitrogens with zero attached hydrogens (tertiary/aromatic N) is 6. The van der Waals surface area contributed by atoms with E-state index in [0.717, 1.165) is 12.1 Å². The van der Waals surface area contributed by atoms with Gasteiger partial charge in [-0.15, -0.1) is 0 Å². The third kappa shape index (κ3) is 9.26. The molecule has 21 heteroatoms. The van der Waals surface area contributed by atoms with Crippen LogP contribution >= 0.6 is 46.4 Å². The van der Waals surface area contributed by atoms with Crippen LogP contribution in [0.25, 0.3) is 12.2 Å². The van der Waals surface area contributed by atoms with Crippen LogP contribution in [0.5, 0.6) is 0 Å². The molecule has 0 aliphatic carbocycles. The molecular weight excluding hydrogens is 694 g/mol. The summed E-state index contributed by atoms with van der Waals surface area (Å²) in [6, 6.07) is 7.60. The first-order valence-corrected chi connectivity index (χ1v) is 14.7. The van der Waals surface area contributed by atoms with Crippen LogP contribution in [0, 0.1) is 0 Å². The number of rotatable bonds is 8. The van der Waals surface area contributed by atoms with E-state index >= 15 is 0 Å². The summed E-state index contributed by atoms with van der Waals surface area (Å²) in [5.74, 6) is -0.189. The minimum Gasteiger partial charge on any atom is -0.324 e. The fourth-order valence-electron chi connectivity index (χ4n) is 3.15. The Balaban J connectivity index is 0.00000462. The van der Waals surface area contributed by atoms with Crippen LogP contribution in [-0.4, -0.2) is 93.6 Å². The Hall–Kier alpha value is -1.96. The van der Waals surface area contributed by atoms with Gasteiger partial charge in [-0.3, -0.25) is 9.11 Å². The Morgan fingerprint density at radius 2 is 0.902 bits per heavy atom. The van der Waals surface area contributed by atoms with E-state index in [0.29, 0.717) is 0 Å². The molecule has 14 nitrogen and oxygen atoms in total. The van der Waals surface area contributed by atoms with Gasteiger partial charge in [-0.2, -0.15) is 46.7 Å². The maximum absolute atomic E-state index is 12.1. The third-order valence-electron chi connectivity index (χ3n) is 4.70. The number of halogens is 4. The average molecular weight is 706 g/mol. The molecule has 4 aromatic rings. The maximum Gasteiger partial charge on any atom is 0.295 e. The van der Waals surface area contributed by atoms with Crippen LogP contribution < -0.4 is 10.6 Å². The summed E-state index contributed by atoms with van der Waals surface area (Å²) in [5, 5.41) is 4.50. The molecule has 2 aromatic carbocycles. The van der Waals surface area contributed by atoms with Crippen molar-refractivity contribution < 1.29 is 25.9 Å². The molecular formula is C20H12CaCl4N8O6S2. The van der Waals surface area contributed by atoms with E-state index in [2.05, 4.69) is 40.5 Å². The molecule has 0 aliphatic rings. The second-order valence-electron chi connectivity index (χ2n) is 7.43. The van der Waals surface area contributed by atoms with E-state index in [1.54, 1.807) is 0 Å². The van der Waals surface area contributed by atoms with Gasteiger partial charge in [0.2, 0.25) is 33.0 Å². The molecule has 0 saturated heterocycles. The van der Waals surface area contributed by atoms with Gasteiger partial charge in [-0.25, -0.2) is 0 Å². The van der Waals surface area contributed by atoms with Crippen molar-refractivity contribution in [2.75, 3.05) is 10.6 Å². The Morgan fingerprint density at radius 3 is 1.20 bits per heavy atom. The van der Waals surface area contributed by atoms with Crippen molar-refractivity contribution in [1.82, 2.24) is 29.9 Å². The van der Waals surface area contributed by atoms with Gasteiger partial charge < -0.3 is 10.6 Å². The molecule has 0 fully saturated rings.